The highest BCUT2D eigenvalue weighted by Crippen LogP contribution is 2.43. The standard InChI is InChI=1S/C26H30N2O5/c1-16(2)18(13-23(32)28-11-9-27(3)10-12-28)24-19(29)14-20(30)25-21(31)15-22(33-26(24)25)17-7-5-4-6-8-17/h4-8,14-16,18,29-30H,9-13H2,1-3H3/t18-/m0/s1. The molecule has 7 nitrogen and oxygen atoms in total. The number of nitrogens with zero attached hydrogens (tertiary/aromatic N) is 2. The number of carbonyl (C=O) groups is 1. The van der Waals surface area contributed by atoms with Crippen molar-refractivity contribution >= 4 is 16.9 Å². The van der Waals surface area contributed by atoms with Crippen LogP contribution in [0.25, 0.3) is 22.3 Å². The molecule has 0 radical (unpaired) electrons. The van der Waals surface area contributed by atoms with Gasteiger partial charge in [-0.2, -0.15) is 0 Å². The molecule has 1 amide bonds. The number of fused-ring (bicyclic) bond motifs is 1. The van der Waals surface area contributed by atoms with Crippen LogP contribution in [0.4, 0.5) is 0 Å². The molecule has 3 aromatic rings. The molecule has 1 aromatic heterocycles. The van der Waals surface area contributed by atoms with Crippen molar-refractivity contribution in [3.8, 4) is 22.8 Å². The second-order valence-corrected chi connectivity index (χ2v) is 9.11. The van der Waals surface area contributed by atoms with E-state index in [0.29, 0.717) is 30.0 Å². The van der Waals surface area contributed by atoms with E-state index in [4.69, 9.17) is 4.42 Å². The third-order valence-electron chi connectivity index (χ3n) is 6.48. The predicted octanol–water partition coefficient (Wildman–Crippen LogP) is 3.77. The average molecular weight is 451 g/mol. The first-order chi connectivity index (χ1) is 15.8. The smallest absolute Gasteiger partial charge is 0.223 e. The summed E-state index contributed by atoms with van der Waals surface area (Å²) in [7, 11) is 2.03. The maximum atomic E-state index is 13.1. The number of hydrogen-bond acceptors (Lipinski definition) is 6. The molecule has 1 fully saturated rings. The second-order valence-electron chi connectivity index (χ2n) is 9.11. The zero-order chi connectivity index (χ0) is 23.7. The van der Waals surface area contributed by atoms with E-state index in [1.165, 1.54) is 12.1 Å². The molecule has 0 unspecified atom stereocenters. The number of phenols is 2. The molecular formula is C26H30N2O5. The number of phenolic OH excluding ortho intramolecular Hbond substituents is 2. The molecule has 174 valence electrons. The third-order valence-corrected chi connectivity index (χ3v) is 6.48. The molecule has 7 heteroatoms. The van der Waals surface area contributed by atoms with Gasteiger partial charge in [0.1, 0.15) is 28.2 Å². The average Bonchev–Trinajstić information content (AvgIpc) is 2.78. The fraction of sp³-hybridized carbons (Fsp3) is 0.385. The minimum Gasteiger partial charge on any atom is -0.507 e. The van der Waals surface area contributed by atoms with Crippen molar-refractivity contribution in [2.24, 2.45) is 5.92 Å². The second kappa shape index (κ2) is 9.27. The van der Waals surface area contributed by atoms with E-state index < -0.39 is 11.3 Å². The maximum Gasteiger partial charge on any atom is 0.223 e. The third kappa shape index (κ3) is 4.59. The molecular weight excluding hydrogens is 420 g/mol. The minimum absolute atomic E-state index is 0.00369. The Morgan fingerprint density at radius 1 is 1.03 bits per heavy atom. The van der Waals surface area contributed by atoms with Gasteiger partial charge >= 0.3 is 0 Å². The van der Waals surface area contributed by atoms with Crippen molar-refractivity contribution in [3.63, 3.8) is 0 Å². The van der Waals surface area contributed by atoms with Crippen LogP contribution in [0.5, 0.6) is 11.5 Å². The lowest BCUT2D eigenvalue weighted by Gasteiger charge is -2.34. The Balaban J connectivity index is 1.82. The van der Waals surface area contributed by atoms with Gasteiger partial charge < -0.3 is 24.4 Å². The van der Waals surface area contributed by atoms with Crippen molar-refractivity contribution in [3.05, 3.63) is 58.3 Å². The number of rotatable bonds is 5. The van der Waals surface area contributed by atoms with E-state index in [9.17, 15) is 19.8 Å². The molecule has 4 rings (SSSR count). The lowest BCUT2D eigenvalue weighted by atomic mass is 9.83. The molecule has 1 aliphatic rings. The van der Waals surface area contributed by atoms with Gasteiger partial charge in [-0.25, -0.2) is 0 Å². The fourth-order valence-corrected chi connectivity index (χ4v) is 4.47. The van der Waals surface area contributed by atoms with Crippen molar-refractivity contribution < 1.29 is 19.4 Å². The summed E-state index contributed by atoms with van der Waals surface area (Å²) in [5.74, 6) is -0.595. The normalized spacial score (nSPS) is 15.8. The first-order valence-corrected chi connectivity index (χ1v) is 11.3. The van der Waals surface area contributed by atoms with E-state index in [1.54, 1.807) is 0 Å². The Morgan fingerprint density at radius 2 is 1.70 bits per heavy atom. The highest BCUT2D eigenvalue weighted by molar-refractivity contribution is 5.90. The summed E-state index contributed by atoms with van der Waals surface area (Å²) in [4.78, 5) is 30.1. The summed E-state index contributed by atoms with van der Waals surface area (Å²) in [6.45, 7) is 6.91. The Labute approximate surface area is 192 Å². The number of aromatic hydroxyl groups is 2. The number of likely N-dealkylation sites (N-methyl/N-ethyl adjacent to an activating group) is 1. The van der Waals surface area contributed by atoms with Gasteiger partial charge in [0.2, 0.25) is 5.91 Å². The molecule has 0 bridgehead atoms. The fourth-order valence-electron chi connectivity index (χ4n) is 4.47. The van der Waals surface area contributed by atoms with Gasteiger partial charge in [-0.1, -0.05) is 44.2 Å². The molecule has 1 aliphatic heterocycles. The Kier molecular flexibility index (Phi) is 6.42. The molecule has 2 aromatic carbocycles. The summed E-state index contributed by atoms with van der Waals surface area (Å²) in [6, 6.07) is 11.7. The highest BCUT2D eigenvalue weighted by atomic mass is 16.3. The van der Waals surface area contributed by atoms with Crippen molar-refractivity contribution in [1.29, 1.82) is 0 Å². The molecule has 33 heavy (non-hydrogen) atoms. The van der Waals surface area contributed by atoms with E-state index in [2.05, 4.69) is 4.90 Å². The number of piperazine rings is 1. The number of amides is 1. The SMILES string of the molecule is CC(C)[C@H](CC(=O)N1CCN(C)CC1)c1c(O)cc(O)c2c(=O)cc(-c3ccccc3)oc12. The first kappa shape index (κ1) is 22.9. The summed E-state index contributed by atoms with van der Waals surface area (Å²) in [5.41, 5.74) is 0.820. The van der Waals surface area contributed by atoms with Gasteiger partial charge in [-0.05, 0) is 13.0 Å². The largest absolute Gasteiger partial charge is 0.507 e. The van der Waals surface area contributed by atoms with E-state index in [-0.39, 0.29) is 40.7 Å². The number of hydrogen-bond donors (Lipinski definition) is 2. The van der Waals surface area contributed by atoms with Crippen LogP contribution in [0.3, 0.4) is 0 Å². The molecule has 1 saturated heterocycles. The van der Waals surface area contributed by atoms with Crippen LogP contribution in [0, 0.1) is 5.92 Å². The van der Waals surface area contributed by atoms with Gasteiger partial charge in [-0.3, -0.25) is 9.59 Å². The van der Waals surface area contributed by atoms with Crippen LogP contribution in [0.15, 0.2) is 51.7 Å². The lowest BCUT2D eigenvalue weighted by Crippen LogP contribution is -2.47. The Bertz CT molecular complexity index is 1210. The summed E-state index contributed by atoms with van der Waals surface area (Å²) in [6.07, 6.45) is 0.175. The first-order valence-electron chi connectivity index (χ1n) is 11.3. The van der Waals surface area contributed by atoms with Crippen molar-refractivity contribution in [2.75, 3.05) is 33.2 Å². The summed E-state index contributed by atoms with van der Waals surface area (Å²) >= 11 is 0. The molecule has 0 spiro atoms. The Hall–Kier alpha value is -3.32. The number of carbonyl (C=O) groups excluding carboxylic acids is 1. The monoisotopic (exact) mass is 450 g/mol. The quantitative estimate of drug-likeness (QED) is 0.615. The van der Waals surface area contributed by atoms with E-state index >= 15 is 0 Å². The van der Waals surface area contributed by atoms with Crippen molar-refractivity contribution in [2.45, 2.75) is 26.2 Å². The molecule has 1 atom stereocenters. The van der Waals surface area contributed by atoms with Crippen LogP contribution >= 0.6 is 0 Å². The lowest BCUT2D eigenvalue weighted by molar-refractivity contribution is -0.133. The van der Waals surface area contributed by atoms with Gasteiger partial charge in [-0.15, -0.1) is 0 Å². The maximum absolute atomic E-state index is 13.1. The van der Waals surface area contributed by atoms with Crippen molar-refractivity contribution in [1.82, 2.24) is 9.80 Å². The van der Waals surface area contributed by atoms with Gasteiger partial charge in [0, 0.05) is 61.8 Å². The van der Waals surface area contributed by atoms with Gasteiger partial charge in [0.05, 0.1) is 0 Å². The zero-order valence-corrected chi connectivity index (χ0v) is 19.2. The van der Waals surface area contributed by atoms with Crippen LogP contribution in [-0.4, -0.2) is 59.1 Å². The molecule has 0 saturated carbocycles. The minimum atomic E-state index is -0.401. The molecule has 2 N–H and O–H groups in total. The van der Waals surface area contributed by atoms with Crippen LogP contribution < -0.4 is 5.43 Å². The molecule has 0 aliphatic carbocycles. The van der Waals surface area contributed by atoms with Gasteiger partial charge in [0.15, 0.2) is 5.43 Å². The topological polar surface area (TPSA) is 94.2 Å². The van der Waals surface area contributed by atoms with Crippen LogP contribution in [0.1, 0.15) is 31.7 Å². The number of benzene rings is 2. The van der Waals surface area contributed by atoms with Gasteiger partial charge in [0.25, 0.3) is 0 Å². The van der Waals surface area contributed by atoms with Crippen LogP contribution in [0.2, 0.25) is 0 Å². The highest BCUT2D eigenvalue weighted by Gasteiger charge is 2.30. The van der Waals surface area contributed by atoms with E-state index in [0.717, 1.165) is 13.1 Å². The summed E-state index contributed by atoms with van der Waals surface area (Å²) < 4.78 is 6.14. The molecule has 2 heterocycles. The Morgan fingerprint density at radius 3 is 2.33 bits per heavy atom. The predicted molar refractivity (Wildman–Crippen MR) is 128 cm³/mol. The van der Waals surface area contributed by atoms with E-state index in [1.807, 2.05) is 56.1 Å². The van der Waals surface area contributed by atoms with Crippen LogP contribution in [-0.2, 0) is 4.79 Å². The summed E-state index contributed by atoms with van der Waals surface area (Å²) in [5, 5.41) is 21.3. The zero-order valence-electron chi connectivity index (χ0n) is 19.2.